The van der Waals surface area contributed by atoms with Gasteiger partial charge in [-0.05, 0) is 18.8 Å². The SMILES string of the molecule is N#Cc1n[nH]c2c1C(CC(=O)O)CC2. The molecule has 0 aromatic carbocycles. The number of hydrogen-bond acceptors (Lipinski definition) is 3. The van der Waals surface area contributed by atoms with Crippen molar-refractivity contribution in [2.24, 2.45) is 0 Å². The average molecular weight is 191 g/mol. The van der Waals surface area contributed by atoms with Crippen LogP contribution in [0.1, 0.15) is 35.7 Å². The summed E-state index contributed by atoms with van der Waals surface area (Å²) in [6.45, 7) is 0. The number of nitrogens with zero attached hydrogens (tertiary/aromatic N) is 2. The lowest BCUT2D eigenvalue weighted by Crippen LogP contribution is -2.04. The highest BCUT2D eigenvalue weighted by atomic mass is 16.4. The Morgan fingerprint density at radius 1 is 1.79 bits per heavy atom. The molecule has 1 heterocycles. The van der Waals surface area contributed by atoms with Gasteiger partial charge in [-0.25, -0.2) is 0 Å². The molecule has 1 aromatic heterocycles. The van der Waals surface area contributed by atoms with Crippen LogP contribution < -0.4 is 0 Å². The van der Waals surface area contributed by atoms with E-state index in [0.717, 1.165) is 24.1 Å². The largest absolute Gasteiger partial charge is 0.481 e. The van der Waals surface area contributed by atoms with Crippen molar-refractivity contribution in [2.75, 3.05) is 0 Å². The first-order valence-corrected chi connectivity index (χ1v) is 4.41. The zero-order valence-electron chi connectivity index (χ0n) is 7.45. The van der Waals surface area contributed by atoms with E-state index in [-0.39, 0.29) is 12.3 Å². The number of H-pyrrole nitrogens is 1. The molecule has 0 amide bonds. The number of carbonyl (C=O) groups is 1. The highest BCUT2D eigenvalue weighted by Gasteiger charge is 2.29. The minimum absolute atomic E-state index is 0.0455. The van der Waals surface area contributed by atoms with E-state index in [9.17, 15) is 4.79 Å². The molecule has 5 heteroatoms. The first-order chi connectivity index (χ1) is 6.72. The average Bonchev–Trinajstić information content (AvgIpc) is 2.67. The molecule has 1 aromatic rings. The van der Waals surface area contributed by atoms with E-state index in [1.54, 1.807) is 0 Å². The second-order valence-electron chi connectivity index (χ2n) is 3.41. The Hall–Kier alpha value is -1.83. The molecule has 5 nitrogen and oxygen atoms in total. The van der Waals surface area contributed by atoms with Crippen molar-refractivity contribution < 1.29 is 9.90 Å². The van der Waals surface area contributed by atoms with Gasteiger partial charge in [0.25, 0.3) is 0 Å². The number of carboxylic acid groups (broad SMARTS) is 1. The first-order valence-electron chi connectivity index (χ1n) is 4.41. The van der Waals surface area contributed by atoms with E-state index in [0.29, 0.717) is 5.69 Å². The van der Waals surface area contributed by atoms with Gasteiger partial charge in [0.2, 0.25) is 0 Å². The summed E-state index contributed by atoms with van der Waals surface area (Å²) in [6.07, 6.45) is 1.67. The quantitative estimate of drug-likeness (QED) is 0.722. The third kappa shape index (κ3) is 1.25. The summed E-state index contributed by atoms with van der Waals surface area (Å²) in [5.41, 5.74) is 2.09. The van der Waals surface area contributed by atoms with Gasteiger partial charge in [0.05, 0.1) is 6.42 Å². The number of fused-ring (bicyclic) bond motifs is 1. The van der Waals surface area contributed by atoms with Gasteiger partial charge in [0, 0.05) is 11.3 Å². The van der Waals surface area contributed by atoms with Crippen LogP contribution in [-0.2, 0) is 11.2 Å². The molecule has 72 valence electrons. The van der Waals surface area contributed by atoms with Crippen molar-refractivity contribution in [3.05, 3.63) is 17.0 Å². The fourth-order valence-corrected chi connectivity index (χ4v) is 1.98. The Morgan fingerprint density at radius 2 is 2.57 bits per heavy atom. The van der Waals surface area contributed by atoms with Gasteiger partial charge in [0.15, 0.2) is 5.69 Å². The Morgan fingerprint density at radius 3 is 3.21 bits per heavy atom. The second kappa shape index (κ2) is 3.14. The van der Waals surface area contributed by atoms with Gasteiger partial charge in [0.1, 0.15) is 6.07 Å². The third-order valence-electron chi connectivity index (χ3n) is 2.56. The summed E-state index contributed by atoms with van der Waals surface area (Å²) in [6, 6.07) is 1.98. The topological polar surface area (TPSA) is 89.8 Å². The lowest BCUT2D eigenvalue weighted by molar-refractivity contribution is -0.137. The first kappa shape index (κ1) is 8.75. The van der Waals surface area contributed by atoms with Gasteiger partial charge in [-0.3, -0.25) is 9.89 Å². The Kier molecular flexibility index (Phi) is 1.97. The number of carboxylic acids is 1. The summed E-state index contributed by atoms with van der Waals surface area (Å²) >= 11 is 0. The van der Waals surface area contributed by atoms with Crippen LogP contribution in [0.4, 0.5) is 0 Å². The molecular formula is C9H9N3O2. The molecule has 2 rings (SSSR count). The van der Waals surface area contributed by atoms with Gasteiger partial charge < -0.3 is 5.11 Å². The number of hydrogen-bond donors (Lipinski definition) is 2. The van der Waals surface area contributed by atoms with Crippen LogP contribution in [0.15, 0.2) is 0 Å². The van der Waals surface area contributed by atoms with Gasteiger partial charge in [-0.15, -0.1) is 0 Å². The van der Waals surface area contributed by atoms with Crippen LogP contribution in [0, 0.1) is 11.3 Å². The number of nitrogens with one attached hydrogen (secondary N) is 1. The van der Waals surface area contributed by atoms with Crippen LogP contribution in [0.5, 0.6) is 0 Å². The van der Waals surface area contributed by atoms with E-state index in [1.807, 2.05) is 6.07 Å². The fraction of sp³-hybridized carbons (Fsp3) is 0.444. The predicted molar refractivity (Wildman–Crippen MR) is 46.6 cm³/mol. The molecule has 0 bridgehead atoms. The monoisotopic (exact) mass is 191 g/mol. The number of aryl methyl sites for hydroxylation is 1. The molecule has 1 aliphatic rings. The molecule has 1 aliphatic carbocycles. The van der Waals surface area contributed by atoms with Crippen LogP contribution in [0.25, 0.3) is 0 Å². The molecule has 0 saturated heterocycles. The van der Waals surface area contributed by atoms with Gasteiger partial charge >= 0.3 is 5.97 Å². The molecular weight excluding hydrogens is 182 g/mol. The smallest absolute Gasteiger partial charge is 0.303 e. The Labute approximate surface area is 80.4 Å². The summed E-state index contributed by atoms with van der Waals surface area (Å²) in [5.74, 6) is -0.871. The van der Waals surface area contributed by atoms with Crippen LogP contribution in [0.3, 0.4) is 0 Å². The number of nitriles is 1. The normalized spacial score (nSPS) is 18.9. The highest BCUT2D eigenvalue weighted by molar-refractivity contribution is 5.68. The summed E-state index contributed by atoms with van der Waals surface area (Å²) in [7, 11) is 0. The summed E-state index contributed by atoms with van der Waals surface area (Å²) < 4.78 is 0. The minimum atomic E-state index is -0.826. The van der Waals surface area contributed by atoms with Crippen molar-refractivity contribution in [1.82, 2.24) is 10.2 Å². The van der Waals surface area contributed by atoms with E-state index >= 15 is 0 Å². The summed E-state index contributed by atoms with van der Waals surface area (Å²) in [5, 5.41) is 24.1. The van der Waals surface area contributed by atoms with Crippen molar-refractivity contribution in [3.8, 4) is 6.07 Å². The molecule has 0 radical (unpaired) electrons. The Balaban J connectivity index is 2.32. The molecule has 0 spiro atoms. The maximum Gasteiger partial charge on any atom is 0.303 e. The van der Waals surface area contributed by atoms with Crippen LogP contribution in [0.2, 0.25) is 0 Å². The van der Waals surface area contributed by atoms with Crippen molar-refractivity contribution in [2.45, 2.75) is 25.2 Å². The van der Waals surface area contributed by atoms with E-state index in [4.69, 9.17) is 10.4 Å². The highest BCUT2D eigenvalue weighted by Crippen LogP contribution is 2.36. The molecule has 2 N–H and O–H groups in total. The molecule has 14 heavy (non-hydrogen) atoms. The molecule has 1 atom stereocenters. The zero-order valence-corrected chi connectivity index (χ0v) is 7.45. The van der Waals surface area contributed by atoms with E-state index in [1.165, 1.54) is 0 Å². The lowest BCUT2D eigenvalue weighted by Gasteiger charge is -2.05. The lowest BCUT2D eigenvalue weighted by atomic mass is 9.98. The predicted octanol–water partition coefficient (Wildman–Crippen LogP) is 0.786. The maximum atomic E-state index is 10.6. The van der Waals surface area contributed by atoms with Gasteiger partial charge in [-0.1, -0.05) is 0 Å². The van der Waals surface area contributed by atoms with E-state index < -0.39 is 5.97 Å². The van der Waals surface area contributed by atoms with Crippen molar-refractivity contribution in [1.29, 1.82) is 5.26 Å². The number of rotatable bonds is 2. The molecule has 0 fully saturated rings. The summed E-state index contributed by atoms with van der Waals surface area (Å²) in [4.78, 5) is 10.6. The third-order valence-corrected chi connectivity index (χ3v) is 2.56. The molecule has 0 saturated carbocycles. The zero-order chi connectivity index (χ0) is 10.1. The van der Waals surface area contributed by atoms with Crippen LogP contribution in [-0.4, -0.2) is 21.3 Å². The molecule has 0 aliphatic heterocycles. The number of aliphatic carboxylic acids is 1. The second-order valence-corrected chi connectivity index (χ2v) is 3.41. The maximum absolute atomic E-state index is 10.6. The van der Waals surface area contributed by atoms with Gasteiger partial charge in [-0.2, -0.15) is 10.4 Å². The number of aromatic nitrogens is 2. The van der Waals surface area contributed by atoms with Crippen molar-refractivity contribution in [3.63, 3.8) is 0 Å². The van der Waals surface area contributed by atoms with Crippen molar-refractivity contribution >= 4 is 5.97 Å². The fourth-order valence-electron chi connectivity index (χ4n) is 1.98. The minimum Gasteiger partial charge on any atom is -0.481 e. The standard InChI is InChI=1S/C9H9N3O2/c10-4-7-9-5(3-8(13)14)1-2-6(9)11-12-7/h5H,1-3H2,(H,11,12)(H,13,14). The molecule has 1 unspecified atom stereocenters. The van der Waals surface area contributed by atoms with Crippen LogP contribution >= 0.6 is 0 Å². The Bertz CT molecular complexity index is 416. The number of aromatic amines is 1. The van der Waals surface area contributed by atoms with E-state index in [2.05, 4.69) is 10.2 Å².